The Balaban J connectivity index is 2.04. The summed E-state index contributed by atoms with van der Waals surface area (Å²) in [5.41, 5.74) is 3.38. The molecule has 0 spiro atoms. The van der Waals surface area contributed by atoms with Crippen molar-refractivity contribution < 1.29 is 24.1 Å². The molecule has 0 fully saturated rings. The van der Waals surface area contributed by atoms with Gasteiger partial charge in [-0.1, -0.05) is 12.1 Å². The zero-order valence-electron chi connectivity index (χ0n) is 16.5. The lowest BCUT2D eigenvalue weighted by molar-refractivity contribution is -0.136. The van der Waals surface area contributed by atoms with Crippen LogP contribution in [0.15, 0.2) is 47.7 Å². The molecule has 150 valence electrons. The lowest BCUT2D eigenvalue weighted by atomic mass is 9.94. The second-order valence-corrected chi connectivity index (χ2v) is 6.63. The number of carbonyl (C=O) groups is 1. The van der Waals surface area contributed by atoms with E-state index in [0.29, 0.717) is 22.8 Å². The van der Waals surface area contributed by atoms with E-state index in [0.717, 1.165) is 11.0 Å². The number of methoxy groups -OCH3 is 3. The van der Waals surface area contributed by atoms with Crippen LogP contribution in [0.1, 0.15) is 18.5 Å². The number of imidazole rings is 1. The van der Waals surface area contributed by atoms with Gasteiger partial charge in [0.1, 0.15) is 0 Å². The minimum Gasteiger partial charge on any atom is -0.502 e. The van der Waals surface area contributed by atoms with Gasteiger partial charge in [0.15, 0.2) is 11.5 Å². The normalized spacial score (nSPS) is 15.7. The molecule has 1 aromatic heterocycles. The fourth-order valence-electron chi connectivity index (χ4n) is 3.73. The predicted octanol–water partition coefficient (Wildman–Crippen LogP) is 3.22. The maximum Gasteiger partial charge on any atom is 0.337 e. The largest absolute Gasteiger partial charge is 0.502 e. The smallest absolute Gasteiger partial charge is 0.337 e. The Labute approximate surface area is 167 Å². The number of anilines is 1. The van der Waals surface area contributed by atoms with E-state index in [-0.39, 0.29) is 17.2 Å². The molecule has 2 aromatic carbocycles. The molecular formula is C21H21N3O5. The molecule has 3 aromatic rings. The third-order valence-electron chi connectivity index (χ3n) is 5.05. The quantitative estimate of drug-likeness (QED) is 0.655. The van der Waals surface area contributed by atoms with Gasteiger partial charge in [-0.05, 0) is 36.8 Å². The van der Waals surface area contributed by atoms with Crippen molar-refractivity contribution in [2.45, 2.75) is 13.0 Å². The first-order valence-corrected chi connectivity index (χ1v) is 8.98. The molecule has 0 amide bonds. The SMILES string of the molecule is COC(=O)C1=C(C)Nc2nc3ccccc3n2C1c1cc(OC)c(O)c(OC)c1. The van der Waals surface area contributed by atoms with Crippen molar-refractivity contribution in [3.8, 4) is 17.2 Å². The van der Waals surface area contributed by atoms with Gasteiger partial charge in [0.25, 0.3) is 0 Å². The lowest BCUT2D eigenvalue weighted by Gasteiger charge is -2.30. The summed E-state index contributed by atoms with van der Waals surface area (Å²) in [6, 6.07) is 10.5. The van der Waals surface area contributed by atoms with Crippen molar-refractivity contribution in [3.05, 3.63) is 53.2 Å². The van der Waals surface area contributed by atoms with E-state index in [1.54, 1.807) is 19.1 Å². The molecule has 2 heterocycles. The topological polar surface area (TPSA) is 94.8 Å². The van der Waals surface area contributed by atoms with Gasteiger partial charge < -0.3 is 24.6 Å². The first-order chi connectivity index (χ1) is 14.0. The molecule has 1 atom stereocenters. The monoisotopic (exact) mass is 395 g/mol. The molecule has 1 unspecified atom stereocenters. The molecule has 8 nitrogen and oxygen atoms in total. The average Bonchev–Trinajstić information content (AvgIpc) is 3.10. The van der Waals surface area contributed by atoms with Crippen LogP contribution < -0.4 is 14.8 Å². The van der Waals surface area contributed by atoms with Gasteiger partial charge >= 0.3 is 5.97 Å². The Hall–Kier alpha value is -3.68. The Morgan fingerprint density at radius 3 is 2.41 bits per heavy atom. The van der Waals surface area contributed by atoms with E-state index in [1.165, 1.54) is 21.3 Å². The van der Waals surface area contributed by atoms with Gasteiger partial charge in [-0.25, -0.2) is 9.78 Å². The van der Waals surface area contributed by atoms with Crippen molar-refractivity contribution >= 4 is 23.0 Å². The Morgan fingerprint density at radius 2 is 1.79 bits per heavy atom. The number of phenolic OH excluding ortho intramolecular Hbond substituents is 1. The zero-order valence-corrected chi connectivity index (χ0v) is 16.5. The summed E-state index contributed by atoms with van der Waals surface area (Å²) in [5.74, 6) is 0.516. The van der Waals surface area contributed by atoms with Crippen LogP contribution in [0.3, 0.4) is 0 Å². The Kier molecular flexibility index (Phi) is 4.54. The van der Waals surface area contributed by atoms with Gasteiger partial charge in [-0.3, -0.25) is 4.57 Å². The molecule has 0 aliphatic carbocycles. The number of aromatic nitrogens is 2. The molecule has 0 bridgehead atoms. The van der Waals surface area contributed by atoms with E-state index in [9.17, 15) is 9.90 Å². The lowest BCUT2D eigenvalue weighted by Crippen LogP contribution is -2.28. The van der Waals surface area contributed by atoms with Gasteiger partial charge in [0.05, 0.1) is 44.0 Å². The minimum absolute atomic E-state index is 0.108. The molecule has 29 heavy (non-hydrogen) atoms. The highest BCUT2D eigenvalue weighted by Gasteiger charge is 2.35. The highest BCUT2D eigenvalue weighted by atomic mass is 16.5. The van der Waals surface area contributed by atoms with Crippen molar-refractivity contribution in [1.82, 2.24) is 9.55 Å². The van der Waals surface area contributed by atoms with Crippen LogP contribution in [0.5, 0.6) is 17.2 Å². The molecule has 0 saturated heterocycles. The number of hydrogen-bond donors (Lipinski definition) is 2. The van der Waals surface area contributed by atoms with E-state index in [4.69, 9.17) is 14.2 Å². The summed E-state index contributed by atoms with van der Waals surface area (Å²) in [6.07, 6.45) is 0. The first kappa shape index (κ1) is 18.7. The molecule has 4 rings (SSSR count). The van der Waals surface area contributed by atoms with E-state index in [1.807, 2.05) is 28.8 Å². The second kappa shape index (κ2) is 7.05. The number of aromatic hydroxyl groups is 1. The third-order valence-corrected chi connectivity index (χ3v) is 5.05. The standard InChI is InChI=1S/C21H21N3O5/c1-11-17(20(26)29-4)18(12-9-15(27-2)19(25)16(10-12)28-3)24-14-8-6-5-7-13(14)23-21(24)22-11/h5-10,18,25H,1-4H3,(H,22,23). The maximum absolute atomic E-state index is 12.7. The summed E-state index contributed by atoms with van der Waals surface area (Å²) in [4.78, 5) is 17.4. The van der Waals surface area contributed by atoms with E-state index in [2.05, 4.69) is 10.3 Å². The number of hydrogen-bond acceptors (Lipinski definition) is 7. The van der Waals surface area contributed by atoms with Crippen LogP contribution in [0.25, 0.3) is 11.0 Å². The number of para-hydroxylation sites is 2. The number of carbonyl (C=O) groups excluding carboxylic acids is 1. The number of nitrogens with one attached hydrogen (secondary N) is 1. The van der Waals surface area contributed by atoms with Crippen LogP contribution in [0.4, 0.5) is 5.95 Å². The predicted molar refractivity (Wildman–Crippen MR) is 107 cm³/mol. The minimum atomic E-state index is -0.561. The Bertz CT molecular complexity index is 1120. The highest BCUT2D eigenvalue weighted by molar-refractivity contribution is 5.94. The van der Waals surface area contributed by atoms with E-state index >= 15 is 0 Å². The summed E-state index contributed by atoms with van der Waals surface area (Å²) in [7, 11) is 4.27. The number of nitrogens with zero attached hydrogens (tertiary/aromatic N) is 2. The maximum atomic E-state index is 12.7. The van der Waals surface area contributed by atoms with Crippen LogP contribution >= 0.6 is 0 Å². The van der Waals surface area contributed by atoms with Gasteiger partial charge in [-0.2, -0.15) is 0 Å². The molecule has 0 saturated carbocycles. The van der Waals surface area contributed by atoms with E-state index < -0.39 is 12.0 Å². The van der Waals surface area contributed by atoms with Gasteiger partial charge in [0, 0.05) is 5.70 Å². The summed E-state index contributed by atoms with van der Waals surface area (Å²) in [6.45, 7) is 1.80. The first-order valence-electron chi connectivity index (χ1n) is 8.98. The number of rotatable bonds is 4. The zero-order chi connectivity index (χ0) is 20.7. The fraction of sp³-hybridized carbons (Fsp3) is 0.238. The third kappa shape index (κ3) is 2.84. The Morgan fingerprint density at radius 1 is 1.14 bits per heavy atom. The molecule has 2 N–H and O–H groups in total. The molecular weight excluding hydrogens is 374 g/mol. The number of allylic oxidation sites excluding steroid dienone is 1. The van der Waals surface area contributed by atoms with Crippen LogP contribution in [-0.2, 0) is 9.53 Å². The van der Waals surface area contributed by atoms with Crippen molar-refractivity contribution in [3.63, 3.8) is 0 Å². The van der Waals surface area contributed by atoms with Crippen LogP contribution in [0, 0.1) is 0 Å². The van der Waals surface area contributed by atoms with Crippen LogP contribution in [-0.4, -0.2) is 42.0 Å². The summed E-state index contributed by atoms with van der Waals surface area (Å²) >= 11 is 0. The van der Waals surface area contributed by atoms with Crippen LogP contribution in [0.2, 0.25) is 0 Å². The molecule has 1 aliphatic rings. The molecule has 8 heteroatoms. The molecule has 0 radical (unpaired) electrons. The summed E-state index contributed by atoms with van der Waals surface area (Å²) in [5, 5.41) is 13.5. The van der Waals surface area contributed by atoms with Gasteiger partial charge in [0.2, 0.25) is 11.7 Å². The van der Waals surface area contributed by atoms with Gasteiger partial charge in [-0.15, -0.1) is 0 Å². The van der Waals surface area contributed by atoms with Crippen molar-refractivity contribution in [2.75, 3.05) is 26.6 Å². The number of benzene rings is 2. The number of fused-ring (bicyclic) bond motifs is 3. The number of esters is 1. The average molecular weight is 395 g/mol. The highest BCUT2D eigenvalue weighted by Crippen LogP contribution is 2.44. The fourth-order valence-corrected chi connectivity index (χ4v) is 3.73. The molecule has 1 aliphatic heterocycles. The number of phenols is 1. The van der Waals surface area contributed by atoms with Crippen molar-refractivity contribution in [1.29, 1.82) is 0 Å². The number of ether oxygens (including phenoxy) is 3. The summed E-state index contributed by atoms with van der Waals surface area (Å²) < 4.78 is 17.6. The second-order valence-electron chi connectivity index (χ2n) is 6.63. The van der Waals surface area contributed by atoms with Crippen molar-refractivity contribution in [2.24, 2.45) is 0 Å².